The van der Waals surface area contributed by atoms with Crippen molar-refractivity contribution in [2.45, 2.75) is 13.1 Å². The zero-order valence-corrected chi connectivity index (χ0v) is 7.37. The molecule has 2 rings (SSSR count). The maximum absolute atomic E-state index is 5.24. The monoisotopic (exact) mass is 164 g/mol. The molecule has 0 atom stereocenters. The van der Waals surface area contributed by atoms with Gasteiger partial charge in [-0.1, -0.05) is 0 Å². The lowest BCUT2D eigenvalue weighted by Gasteiger charge is -2.05. The van der Waals surface area contributed by atoms with E-state index in [-0.39, 0.29) is 0 Å². The van der Waals surface area contributed by atoms with Crippen molar-refractivity contribution in [3.63, 3.8) is 0 Å². The zero-order chi connectivity index (χ0) is 8.55. The van der Waals surface area contributed by atoms with Crippen LogP contribution in [0.5, 0.6) is 5.75 Å². The third kappa shape index (κ3) is 1.06. The third-order valence-corrected chi connectivity index (χ3v) is 2.17. The Labute approximate surface area is 72.0 Å². The van der Waals surface area contributed by atoms with Gasteiger partial charge in [0.1, 0.15) is 5.75 Å². The lowest BCUT2D eigenvalue weighted by atomic mass is 10.2. The molecule has 0 saturated carbocycles. The van der Waals surface area contributed by atoms with Gasteiger partial charge >= 0.3 is 0 Å². The summed E-state index contributed by atoms with van der Waals surface area (Å²) in [5.41, 5.74) is 2.39. The highest BCUT2D eigenvalue weighted by Gasteiger charge is 2.19. The van der Waals surface area contributed by atoms with Crippen LogP contribution in [0.25, 0.3) is 0 Å². The fraction of sp³-hybridized carbons (Fsp3) is 0.444. The Bertz CT molecular complexity index is 299. The number of pyridine rings is 1. The molecule has 3 nitrogen and oxygen atoms in total. The summed E-state index contributed by atoms with van der Waals surface area (Å²) < 4.78 is 5.24. The molecular formula is C9H12N2O. The zero-order valence-electron chi connectivity index (χ0n) is 7.37. The molecule has 0 spiro atoms. The van der Waals surface area contributed by atoms with Crippen LogP contribution in [0.3, 0.4) is 0 Å². The van der Waals surface area contributed by atoms with E-state index < -0.39 is 0 Å². The maximum Gasteiger partial charge on any atom is 0.126 e. The second-order valence-electron chi connectivity index (χ2n) is 3.11. The topological polar surface area (TPSA) is 25.4 Å². The molecule has 0 saturated heterocycles. The van der Waals surface area contributed by atoms with E-state index in [4.69, 9.17) is 4.74 Å². The molecule has 0 radical (unpaired) electrons. The minimum absolute atomic E-state index is 0.937. The van der Waals surface area contributed by atoms with E-state index in [1.807, 2.05) is 6.07 Å². The summed E-state index contributed by atoms with van der Waals surface area (Å²) in [6.07, 6.45) is 1.80. The van der Waals surface area contributed by atoms with Crippen LogP contribution in [0.1, 0.15) is 11.3 Å². The van der Waals surface area contributed by atoms with E-state index in [1.165, 1.54) is 5.56 Å². The Morgan fingerprint density at radius 2 is 2.33 bits per heavy atom. The summed E-state index contributed by atoms with van der Waals surface area (Å²) in [5.74, 6) is 0.962. The Kier molecular flexibility index (Phi) is 1.73. The van der Waals surface area contributed by atoms with Gasteiger partial charge in [0.25, 0.3) is 0 Å². The molecule has 1 aliphatic heterocycles. The predicted octanol–water partition coefficient (Wildman–Crippen LogP) is 1.04. The van der Waals surface area contributed by atoms with Crippen LogP contribution in [0.15, 0.2) is 12.3 Å². The van der Waals surface area contributed by atoms with Gasteiger partial charge in [-0.2, -0.15) is 0 Å². The minimum atomic E-state index is 0.937. The molecule has 0 amide bonds. The van der Waals surface area contributed by atoms with E-state index in [0.717, 1.165) is 24.5 Å². The van der Waals surface area contributed by atoms with Crippen LogP contribution in [0, 0.1) is 0 Å². The first-order chi connectivity index (χ1) is 5.81. The van der Waals surface area contributed by atoms with Crippen LogP contribution in [0.4, 0.5) is 0 Å². The van der Waals surface area contributed by atoms with Crippen LogP contribution >= 0.6 is 0 Å². The van der Waals surface area contributed by atoms with Gasteiger partial charge < -0.3 is 4.74 Å². The summed E-state index contributed by atoms with van der Waals surface area (Å²) in [7, 11) is 3.79. The fourth-order valence-electron chi connectivity index (χ4n) is 1.59. The van der Waals surface area contributed by atoms with Crippen molar-refractivity contribution < 1.29 is 4.74 Å². The SMILES string of the molecule is COc1ccnc2c1CN(C)C2. The van der Waals surface area contributed by atoms with Crippen LogP contribution in [-0.2, 0) is 13.1 Å². The molecule has 64 valence electrons. The molecule has 3 heteroatoms. The smallest absolute Gasteiger partial charge is 0.126 e. The first-order valence-corrected chi connectivity index (χ1v) is 4.00. The average molecular weight is 164 g/mol. The fourth-order valence-corrected chi connectivity index (χ4v) is 1.59. The number of ether oxygens (including phenoxy) is 1. The van der Waals surface area contributed by atoms with Crippen molar-refractivity contribution in [1.82, 2.24) is 9.88 Å². The van der Waals surface area contributed by atoms with Crippen molar-refractivity contribution in [3.05, 3.63) is 23.5 Å². The Morgan fingerprint density at radius 3 is 3.08 bits per heavy atom. The molecule has 2 heterocycles. The van der Waals surface area contributed by atoms with Gasteiger partial charge in [0.2, 0.25) is 0 Å². The van der Waals surface area contributed by atoms with Gasteiger partial charge in [0.15, 0.2) is 0 Å². The van der Waals surface area contributed by atoms with E-state index in [0.29, 0.717) is 0 Å². The molecule has 0 aromatic carbocycles. The minimum Gasteiger partial charge on any atom is -0.496 e. The highest BCUT2D eigenvalue weighted by molar-refractivity contribution is 5.37. The number of nitrogens with zero attached hydrogens (tertiary/aromatic N) is 2. The summed E-state index contributed by atoms with van der Waals surface area (Å²) in [5, 5.41) is 0. The lowest BCUT2D eigenvalue weighted by Crippen LogP contribution is -2.07. The second kappa shape index (κ2) is 2.75. The van der Waals surface area contributed by atoms with Gasteiger partial charge in [0, 0.05) is 24.8 Å². The summed E-state index contributed by atoms with van der Waals surface area (Å²) in [4.78, 5) is 6.52. The summed E-state index contributed by atoms with van der Waals surface area (Å²) in [6.45, 7) is 1.89. The van der Waals surface area contributed by atoms with Crippen LogP contribution in [-0.4, -0.2) is 24.0 Å². The van der Waals surface area contributed by atoms with Gasteiger partial charge in [0.05, 0.1) is 12.8 Å². The highest BCUT2D eigenvalue weighted by Crippen LogP contribution is 2.27. The Morgan fingerprint density at radius 1 is 1.50 bits per heavy atom. The summed E-state index contributed by atoms with van der Waals surface area (Å²) >= 11 is 0. The van der Waals surface area contributed by atoms with E-state index in [1.54, 1.807) is 13.3 Å². The first-order valence-electron chi connectivity index (χ1n) is 4.00. The summed E-state index contributed by atoms with van der Waals surface area (Å²) in [6, 6.07) is 1.91. The lowest BCUT2D eigenvalue weighted by molar-refractivity contribution is 0.345. The normalized spacial score (nSPS) is 16.2. The number of fused-ring (bicyclic) bond motifs is 1. The highest BCUT2D eigenvalue weighted by atomic mass is 16.5. The van der Waals surface area contributed by atoms with Crippen LogP contribution in [0.2, 0.25) is 0 Å². The number of hydrogen-bond acceptors (Lipinski definition) is 3. The first kappa shape index (κ1) is 7.55. The molecule has 0 N–H and O–H groups in total. The Balaban J connectivity index is 2.44. The molecule has 1 aromatic heterocycles. The quantitative estimate of drug-likeness (QED) is 0.620. The molecule has 0 unspecified atom stereocenters. The van der Waals surface area contributed by atoms with Gasteiger partial charge in [-0.25, -0.2) is 0 Å². The predicted molar refractivity (Wildman–Crippen MR) is 46.0 cm³/mol. The second-order valence-corrected chi connectivity index (χ2v) is 3.11. The average Bonchev–Trinajstić information content (AvgIpc) is 2.44. The van der Waals surface area contributed by atoms with E-state index in [9.17, 15) is 0 Å². The third-order valence-electron chi connectivity index (χ3n) is 2.17. The van der Waals surface area contributed by atoms with E-state index >= 15 is 0 Å². The van der Waals surface area contributed by atoms with Crippen LogP contribution < -0.4 is 4.74 Å². The van der Waals surface area contributed by atoms with Gasteiger partial charge in [-0.3, -0.25) is 9.88 Å². The largest absolute Gasteiger partial charge is 0.496 e. The van der Waals surface area contributed by atoms with Gasteiger partial charge in [-0.05, 0) is 13.1 Å². The maximum atomic E-state index is 5.24. The van der Waals surface area contributed by atoms with Crippen molar-refractivity contribution >= 4 is 0 Å². The van der Waals surface area contributed by atoms with Gasteiger partial charge in [-0.15, -0.1) is 0 Å². The molecule has 1 aromatic rings. The van der Waals surface area contributed by atoms with Crippen molar-refractivity contribution in [2.24, 2.45) is 0 Å². The standard InChI is InChI=1S/C9H12N2O/c1-11-5-7-8(6-11)10-4-3-9(7)12-2/h3-4H,5-6H2,1-2H3. The van der Waals surface area contributed by atoms with Crippen molar-refractivity contribution in [2.75, 3.05) is 14.2 Å². The van der Waals surface area contributed by atoms with Crippen molar-refractivity contribution in [3.8, 4) is 5.75 Å². The Hall–Kier alpha value is -1.09. The van der Waals surface area contributed by atoms with E-state index in [2.05, 4.69) is 16.9 Å². The molecule has 0 aliphatic carbocycles. The number of hydrogen-bond donors (Lipinski definition) is 0. The number of rotatable bonds is 1. The number of methoxy groups -OCH3 is 1. The molecule has 12 heavy (non-hydrogen) atoms. The van der Waals surface area contributed by atoms with Crippen molar-refractivity contribution in [1.29, 1.82) is 0 Å². The number of aromatic nitrogens is 1. The molecule has 0 bridgehead atoms. The molecule has 1 aliphatic rings. The molecular weight excluding hydrogens is 152 g/mol. The molecule has 0 fully saturated rings.